The van der Waals surface area contributed by atoms with Crippen LogP contribution in [0.15, 0.2) is 0 Å². The second-order valence-electron chi connectivity index (χ2n) is 4.96. The van der Waals surface area contributed by atoms with Crippen LogP contribution in [0.2, 0.25) is 0 Å². The molecule has 0 bridgehead atoms. The Morgan fingerprint density at radius 1 is 1.43 bits per heavy atom. The summed E-state index contributed by atoms with van der Waals surface area (Å²) in [6.07, 6.45) is 2.34. The smallest absolute Gasteiger partial charge is 0.219 e. The van der Waals surface area contributed by atoms with Crippen molar-refractivity contribution >= 4 is 5.91 Å². The van der Waals surface area contributed by atoms with Crippen molar-refractivity contribution in [3.05, 3.63) is 0 Å². The number of hydrogen-bond donors (Lipinski definition) is 0. The molecule has 1 fully saturated rings. The molecule has 0 aromatic heterocycles. The highest BCUT2D eigenvalue weighted by molar-refractivity contribution is 5.73. The van der Waals surface area contributed by atoms with Gasteiger partial charge in [-0.3, -0.25) is 4.79 Å². The molecule has 0 aromatic rings. The van der Waals surface area contributed by atoms with Crippen molar-refractivity contribution in [3.63, 3.8) is 0 Å². The Balaban J connectivity index is 2.44. The molecule has 0 aromatic carbocycles. The topological polar surface area (TPSA) is 29.5 Å². The zero-order valence-electron chi connectivity index (χ0n) is 9.67. The summed E-state index contributed by atoms with van der Waals surface area (Å²) < 4.78 is 5.87. The summed E-state index contributed by atoms with van der Waals surface area (Å²) in [6, 6.07) is 0. The van der Waals surface area contributed by atoms with E-state index in [1.54, 1.807) is 6.92 Å². The molecule has 3 heteroatoms. The van der Waals surface area contributed by atoms with Gasteiger partial charge in [-0.15, -0.1) is 0 Å². The fourth-order valence-corrected chi connectivity index (χ4v) is 1.82. The number of rotatable bonds is 1. The molecule has 0 spiro atoms. The minimum Gasteiger partial charge on any atom is -0.371 e. The zero-order chi connectivity index (χ0) is 10.8. The van der Waals surface area contributed by atoms with Crippen LogP contribution >= 0.6 is 0 Å². The summed E-state index contributed by atoms with van der Waals surface area (Å²) in [5, 5.41) is 0. The van der Waals surface area contributed by atoms with Gasteiger partial charge in [0, 0.05) is 20.0 Å². The van der Waals surface area contributed by atoms with Crippen molar-refractivity contribution in [2.75, 3.05) is 13.1 Å². The normalized spacial score (nSPS) is 23.7. The van der Waals surface area contributed by atoms with Gasteiger partial charge in [0.2, 0.25) is 5.91 Å². The molecular formula is C11H21NO2. The quantitative estimate of drug-likeness (QED) is 0.644. The van der Waals surface area contributed by atoms with E-state index in [2.05, 4.69) is 20.8 Å². The molecule has 1 rings (SSSR count). The highest BCUT2D eigenvalue weighted by Crippen LogP contribution is 2.19. The summed E-state index contributed by atoms with van der Waals surface area (Å²) in [5.41, 5.74) is -0.107. The summed E-state index contributed by atoms with van der Waals surface area (Å²) >= 11 is 0. The number of carbonyl (C=O) groups is 1. The van der Waals surface area contributed by atoms with Gasteiger partial charge in [-0.05, 0) is 33.6 Å². The third kappa shape index (κ3) is 3.66. The number of carbonyl (C=O) groups excluding carboxylic acids is 1. The molecule has 1 aliphatic heterocycles. The second kappa shape index (κ2) is 4.30. The molecule has 0 radical (unpaired) electrons. The van der Waals surface area contributed by atoms with Gasteiger partial charge in [-0.2, -0.15) is 0 Å². The van der Waals surface area contributed by atoms with E-state index in [-0.39, 0.29) is 17.6 Å². The van der Waals surface area contributed by atoms with Gasteiger partial charge in [0.1, 0.15) is 0 Å². The van der Waals surface area contributed by atoms with E-state index in [1.807, 2.05) is 4.90 Å². The Morgan fingerprint density at radius 3 is 2.57 bits per heavy atom. The SMILES string of the molecule is CC(=O)N1CCCC(OC(C)(C)C)C1. The van der Waals surface area contributed by atoms with E-state index < -0.39 is 0 Å². The van der Waals surface area contributed by atoms with E-state index in [4.69, 9.17) is 4.74 Å². The minimum atomic E-state index is -0.107. The van der Waals surface area contributed by atoms with Crippen LogP contribution in [0.3, 0.4) is 0 Å². The maximum atomic E-state index is 11.2. The van der Waals surface area contributed by atoms with Gasteiger partial charge >= 0.3 is 0 Å². The average molecular weight is 199 g/mol. The zero-order valence-corrected chi connectivity index (χ0v) is 9.67. The molecule has 0 saturated carbocycles. The first-order chi connectivity index (χ1) is 6.38. The van der Waals surface area contributed by atoms with Crippen molar-refractivity contribution in [3.8, 4) is 0 Å². The predicted molar refractivity (Wildman–Crippen MR) is 56.1 cm³/mol. The van der Waals surface area contributed by atoms with Gasteiger partial charge in [0.15, 0.2) is 0 Å². The van der Waals surface area contributed by atoms with Gasteiger partial charge in [0.25, 0.3) is 0 Å². The van der Waals surface area contributed by atoms with Crippen LogP contribution in [-0.2, 0) is 9.53 Å². The van der Waals surface area contributed by atoms with Crippen LogP contribution in [0.1, 0.15) is 40.5 Å². The van der Waals surface area contributed by atoms with Crippen molar-refractivity contribution in [1.29, 1.82) is 0 Å². The molecule has 82 valence electrons. The monoisotopic (exact) mass is 199 g/mol. The van der Waals surface area contributed by atoms with E-state index in [0.717, 1.165) is 25.9 Å². The van der Waals surface area contributed by atoms with Crippen LogP contribution in [0.4, 0.5) is 0 Å². The highest BCUT2D eigenvalue weighted by Gasteiger charge is 2.25. The lowest BCUT2D eigenvalue weighted by Crippen LogP contribution is -2.44. The molecule has 1 saturated heterocycles. The maximum absolute atomic E-state index is 11.2. The van der Waals surface area contributed by atoms with E-state index in [1.165, 1.54) is 0 Å². The van der Waals surface area contributed by atoms with Crippen molar-refractivity contribution in [1.82, 2.24) is 4.90 Å². The van der Waals surface area contributed by atoms with Crippen molar-refractivity contribution in [2.45, 2.75) is 52.2 Å². The summed E-state index contributed by atoms with van der Waals surface area (Å²) in [6.45, 7) is 9.44. The first-order valence-corrected chi connectivity index (χ1v) is 5.32. The molecule has 0 N–H and O–H groups in total. The average Bonchev–Trinajstić information content (AvgIpc) is 2.01. The van der Waals surface area contributed by atoms with Gasteiger partial charge in [-0.25, -0.2) is 0 Å². The Hall–Kier alpha value is -0.570. The number of likely N-dealkylation sites (tertiary alicyclic amines) is 1. The number of amides is 1. The maximum Gasteiger partial charge on any atom is 0.219 e. The Kier molecular flexibility index (Phi) is 3.53. The molecule has 1 aliphatic rings. The molecule has 14 heavy (non-hydrogen) atoms. The second-order valence-corrected chi connectivity index (χ2v) is 4.96. The molecule has 1 unspecified atom stereocenters. The number of piperidine rings is 1. The number of hydrogen-bond acceptors (Lipinski definition) is 2. The van der Waals surface area contributed by atoms with Gasteiger partial charge in [0.05, 0.1) is 11.7 Å². The fraction of sp³-hybridized carbons (Fsp3) is 0.909. The number of ether oxygens (including phenoxy) is 1. The first-order valence-electron chi connectivity index (χ1n) is 5.32. The number of nitrogens with zero attached hydrogens (tertiary/aromatic N) is 1. The lowest BCUT2D eigenvalue weighted by atomic mass is 10.1. The van der Waals surface area contributed by atoms with E-state index in [0.29, 0.717) is 0 Å². The van der Waals surface area contributed by atoms with E-state index >= 15 is 0 Å². The standard InChI is InChI=1S/C11H21NO2/c1-9(13)12-7-5-6-10(8-12)14-11(2,3)4/h10H,5-8H2,1-4H3. The van der Waals surface area contributed by atoms with Crippen molar-refractivity contribution < 1.29 is 9.53 Å². The molecule has 1 heterocycles. The molecule has 1 atom stereocenters. The molecule has 0 aliphatic carbocycles. The summed E-state index contributed by atoms with van der Waals surface area (Å²) in [4.78, 5) is 13.1. The van der Waals surface area contributed by atoms with Crippen LogP contribution < -0.4 is 0 Å². The molecule has 1 amide bonds. The van der Waals surface area contributed by atoms with Crippen LogP contribution in [-0.4, -0.2) is 35.6 Å². The first kappa shape index (κ1) is 11.5. The van der Waals surface area contributed by atoms with Gasteiger partial charge < -0.3 is 9.64 Å². The largest absolute Gasteiger partial charge is 0.371 e. The fourth-order valence-electron chi connectivity index (χ4n) is 1.82. The minimum absolute atomic E-state index is 0.107. The predicted octanol–water partition coefficient (Wildman–Crippen LogP) is 1.81. The van der Waals surface area contributed by atoms with Crippen LogP contribution in [0.5, 0.6) is 0 Å². The van der Waals surface area contributed by atoms with Crippen LogP contribution in [0, 0.1) is 0 Å². The molecular weight excluding hydrogens is 178 g/mol. The summed E-state index contributed by atoms with van der Waals surface area (Å²) in [5.74, 6) is 0.159. The summed E-state index contributed by atoms with van der Waals surface area (Å²) in [7, 11) is 0. The molecule has 3 nitrogen and oxygen atoms in total. The van der Waals surface area contributed by atoms with Crippen molar-refractivity contribution in [2.24, 2.45) is 0 Å². The highest BCUT2D eigenvalue weighted by atomic mass is 16.5. The van der Waals surface area contributed by atoms with E-state index in [9.17, 15) is 4.79 Å². The van der Waals surface area contributed by atoms with Gasteiger partial charge in [-0.1, -0.05) is 0 Å². The Morgan fingerprint density at radius 2 is 2.07 bits per heavy atom. The lowest BCUT2D eigenvalue weighted by molar-refractivity contribution is -0.137. The third-order valence-electron chi connectivity index (χ3n) is 2.34. The van der Waals surface area contributed by atoms with Crippen LogP contribution in [0.25, 0.3) is 0 Å². The third-order valence-corrected chi connectivity index (χ3v) is 2.34. The Labute approximate surface area is 86.4 Å². The lowest BCUT2D eigenvalue weighted by Gasteiger charge is -2.35. The Bertz CT molecular complexity index is 208.